The maximum absolute atomic E-state index is 12.7. The Labute approximate surface area is 201 Å². The van der Waals surface area contributed by atoms with Crippen LogP contribution in [0.25, 0.3) is 11.4 Å². The molecule has 2 aliphatic carbocycles. The molecule has 3 aromatic rings. The molecule has 35 heavy (non-hydrogen) atoms. The summed E-state index contributed by atoms with van der Waals surface area (Å²) in [5, 5.41) is 18.6. The van der Waals surface area contributed by atoms with Gasteiger partial charge in [0.15, 0.2) is 23.1 Å². The van der Waals surface area contributed by atoms with Crippen molar-refractivity contribution >= 4 is 29.0 Å². The Hall–Kier alpha value is -4.06. The maximum atomic E-state index is 12.7. The van der Waals surface area contributed by atoms with Gasteiger partial charge in [-0.1, -0.05) is 6.07 Å². The Balaban J connectivity index is 1.47. The second-order valence-corrected chi connectivity index (χ2v) is 8.41. The highest BCUT2D eigenvalue weighted by atomic mass is 16.6. The van der Waals surface area contributed by atoms with Crippen molar-refractivity contribution < 1.29 is 19.2 Å². The fourth-order valence-electron chi connectivity index (χ4n) is 3.57. The number of carbonyl (C=O) groups is 2. The fourth-order valence-corrected chi connectivity index (χ4v) is 3.57. The summed E-state index contributed by atoms with van der Waals surface area (Å²) < 4.78 is 7.57. The number of nitrogens with zero attached hydrogens (tertiary/aromatic N) is 5. The quantitative estimate of drug-likeness (QED) is 0.374. The standard InChI is InChI=1S/C23H26N8O4/c1-3-35-30-23(33)19-17(11-18(27-28-19)26-22(32)13-7-8-13)25-16-6-4-5-15(20(16)34-2)21-24-12-31(29-21)14-9-10-14/h4-6,11-14H,3,7-10H2,1-2H3,(H,30,33)(H2,25,26,27,32). The molecule has 1 aromatic carbocycles. The highest BCUT2D eigenvalue weighted by Gasteiger charge is 2.30. The molecule has 2 heterocycles. The highest BCUT2D eigenvalue weighted by Crippen LogP contribution is 2.39. The van der Waals surface area contributed by atoms with Gasteiger partial charge in [-0.3, -0.25) is 14.4 Å². The second-order valence-electron chi connectivity index (χ2n) is 8.41. The number of aromatic nitrogens is 5. The third kappa shape index (κ3) is 5.06. The monoisotopic (exact) mass is 478 g/mol. The van der Waals surface area contributed by atoms with Crippen LogP contribution in [0.3, 0.4) is 0 Å². The molecule has 2 aliphatic rings. The number of anilines is 3. The van der Waals surface area contributed by atoms with E-state index in [1.54, 1.807) is 32.5 Å². The zero-order chi connectivity index (χ0) is 24.4. The molecule has 3 N–H and O–H groups in total. The van der Waals surface area contributed by atoms with Gasteiger partial charge in [0.1, 0.15) is 6.33 Å². The minimum Gasteiger partial charge on any atom is -0.494 e. The van der Waals surface area contributed by atoms with Crippen molar-refractivity contribution in [3.8, 4) is 17.1 Å². The predicted octanol–water partition coefficient (Wildman–Crippen LogP) is 2.85. The first-order valence-corrected chi connectivity index (χ1v) is 11.5. The van der Waals surface area contributed by atoms with Crippen molar-refractivity contribution in [3.05, 3.63) is 36.3 Å². The third-order valence-electron chi connectivity index (χ3n) is 5.68. The number of para-hydroxylation sites is 1. The number of carbonyl (C=O) groups excluding carboxylic acids is 2. The lowest BCUT2D eigenvalue weighted by Crippen LogP contribution is -2.26. The molecule has 2 saturated carbocycles. The molecular weight excluding hydrogens is 452 g/mol. The van der Waals surface area contributed by atoms with Gasteiger partial charge >= 0.3 is 0 Å². The summed E-state index contributed by atoms with van der Waals surface area (Å²) in [5.41, 5.74) is 3.89. The summed E-state index contributed by atoms with van der Waals surface area (Å²) in [6.45, 7) is 2.03. The third-order valence-corrected chi connectivity index (χ3v) is 5.68. The van der Waals surface area contributed by atoms with Crippen LogP contribution in [-0.2, 0) is 9.63 Å². The molecular formula is C23H26N8O4. The topological polar surface area (TPSA) is 145 Å². The molecule has 0 spiro atoms. The Morgan fingerprint density at radius 2 is 1.97 bits per heavy atom. The van der Waals surface area contributed by atoms with E-state index in [1.165, 1.54) is 0 Å². The van der Waals surface area contributed by atoms with Gasteiger partial charge in [-0.05, 0) is 44.7 Å². The number of amides is 2. The number of nitrogens with one attached hydrogen (secondary N) is 3. The van der Waals surface area contributed by atoms with E-state index < -0.39 is 5.91 Å². The van der Waals surface area contributed by atoms with Crippen LogP contribution in [0.4, 0.5) is 17.2 Å². The number of benzene rings is 1. The molecule has 0 bridgehead atoms. The largest absolute Gasteiger partial charge is 0.494 e. The zero-order valence-corrected chi connectivity index (χ0v) is 19.4. The van der Waals surface area contributed by atoms with Crippen molar-refractivity contribution in [2.24, 2.45) is 5.92 Å². The van der Waals surface area contributed by atoms with Crippen LogP contribution in [-0.4, -0.2) is 50.5 Å². The Bertz CT molecular complexity index is 1250. The van der Waals surface area contributed by atoms with Gasteiger partial charge in [0, 0.05) is 12.0 Å². The molecule has 0 atom stereocenters. The molecule has 5 rings (SSSR count). The summed E-state index contributed by atoms with van der Waals surface area (Å²) in [4.78, 5) is 34.4. The van der Waals surface area contributed by atoms with E-state index in [0.29, 0.717) is 34.6 Å². The van der Waals surface area contributed by atoms with E-state index in [9.17, 15) is 9.59 Å². The van der Waals surface area contributed by atoms with Crippen LogP contribution < -0.4 is 20.9 Å². The summed E-state index contributed by atoms with van der Waals surface area (Å²) in [7, 11) is 1.55. The van der Waals surface area contributed by atoms with E-state index in [1.807, 2.05) is 16.8 Å². The van der Waals surface area contributed by atoms with Gasteiger partial charge in [0.2, 0.25) is 5.91 Å². The van der Waals surface area contributed by atoms with Crippen molar-refractivity contribution in [1.29, 1.82) is 0 Å². The van der Waals surface area contributed by atoms with Crippen LogP contribution in [0.5, 0.6) is 5.75 Å². The van der Waals surface area contributed by atoms with Gasteiger partial charge < -0.3 is 15.4 Å². The Kier molecular flexibility index (Phi) is 6.27. The minimum atomic E-state index is -0.582. The second kappa shape index (κ2) is 9.66. The zero-order valence-electron chi connectivity index (χ0n) is 19.4. The number of hydrogen-bond donors (Lipinski definition) is 3. The summed E-state index contributed by atoms with van der Waals surface area (Å²) in [6, 6.07) is 7.46. The van der Waals surface area contributed by atoms with Crippen molar-refractivity contribution in [2.45, 2.75) is 38.6 Å². The van der Waals surface area contributed by atoms with Crippen molar-refractivity contribution in [3.63, 3.8) is 0 Å². The lowest BCUT2D eigenvalue weighted by molar-refractivity contribution is -0.117. The lowest BCUT2D eigenvalue weighted by atomic mass is 10.1. The molecule has 182 valence electrons. The van der Waals surface area contributed by atoms with Crippen molar-refractivity contribution in [2.75, 3.05) is 24.4 Å². The molecule has 0 aliphatic heterocycles. The number of ether oxygens (including phenoxy) is 1. The maximum Gasteiger partial charge on any atom is 0.297 e. The van der Waals surface area contributed by atoms with Gasteiger partial charge in [0.25, 0.3) is 5.91 Å². The minimum absolute atomic E-state index is 0.00569. The van der Waals surface area contributed by atoms with Gasteiger partial charge in [0.05, 0.1) is 36.7 Å². The van der Waals surface area contributed by atoms with E-state index >= 15 is 0 Å². The first-order chi connectivity index (χ1) is 17.1. The molecule has 2 aromatic heterocycles. The summed E-state index contributed by atoms with van der Waals surface area (Å²) in [6.07, 6.45) is 5.64. The average molecular weight is 479 g/mol. The van der Waals surface area contributed by atoms with Crippen molar-refractivity contribution in [1.82, 2.24) is 30.4 Å². The molecule has 0 saturated heterocycles. The van der Waals surface area contributed by atoms with Crippen LogP contribution in [0, 0.1) is 5.92 Å². The van der Waals surface area contributed by atoms with E-state index in [2.05, 4.69) is 36.4 Å². The Morgan fingerprint density at radius 1 is 1.14 bits per heavy atom. The Morgan fingerprint density at radius 3 is 2.69 bits per heavy atom. The van der Waals surface area contributed by atoms with Gasteiger partial charge in [-0.15, -0.1) is 10.2 Å². The van der Waals surface area contributed by atoms with E-state index in [-0.39, 0.29) is 29.9 Å². The molecule has 12 heteroatoms. The normalized spacial score (nSPS) is 14.9. The smallest absolute Gasteiger partial charge is 0.297 e. The number of hydroxylamine groups is 1. The molecule has 2 fully saturated rings. The molecule has 12 nitrogen and oxygen atoms in total. The fraction of sp³-hybridized carbons (Fsp3) is 0.391. The van der Waals surface area contributed by atoms with Gasteiger partial charge in [-0.25, -0.2) is 15.1 Å². The first kappa shape index (κ1) is 22.7. The SMILES string of the molecule is CCONC(=O)c1nnc(NC(=O)C2CC2)cc1Nc1cccc(-c2ncn(C3CC3)n2)c1OC. The molecule has 0 unspecified atom stereocenters. The number of rotatable bonds is 10. The summed E-state index contributed by atoms with van der Waals surface area (Å²) >= 11 is 0. The summed E-state index contributed by atoms with van der Waals surface area (Å²) in [5.74, 6) is 0.566. The lowest BCUT2D eigenvalue weighted by Gasteiger charge is -2.16. The van der Waals surface area contributed by atoms with Crippen LogP contribution in [0.2, 0.25) is 0 Å². The van der Waals surface area contributed by atoms with E-state index in [0.717, 1.165) is 25.7 Å². The van der Waals surface area contributed by atoms with Gasteiger partial charge in [-0.2, -0.15) is 5.10 Å². The first-order valence-electron chi connectivity index (χ1n) is 11.5. The highest BCUT2D eigenvalue weighted by molar-refractivity contribution is 5.99. The number of methoxy groups -OCH3 is 1. The van der Waals surface area contributed by atoms with Crippen LogP contribution >= 0.6 is 0 Å². The predicted molar refractivity (Wildman–Crippen MR) is 126 cm³/mol. The molecule has 0 radical (unpaired) electrons. The van der Waals surface area contributed by atoms with Crippen LogP contribution in [0.15, 0.2) is 30.6 Å². The van der Waals surface area contributed by atoms with E-state index in [4.69, 9.17) is 9.57 Å². The number of hydrogen-bond acceptors (Lipinski definition) is 9. The average Bonchev–Trinajstić information content (AvgIpc) is 3.81. The molecule has 2 amide bonds. The van der Waals surface area contributed by atoms with Crippen LogP contribution in [0.1, 0.15) is 49.1 Å².